The lowest BCUT2D eigenvalue weighted by Gasteiger charge is -2.31. The van der Waals surface area contributed by atoms with Crippen molar-refractivity contribution in [2.45, 2.75) is 6.92 Å². The molecule has 1 fully saturated rings. The first kappa shape index (κ1) is 17.7. The predicted octanol–water partition coefficient (Wildman–Crippen LogP) is -0.110. The average Bonchev–Trinajstić information content (AvgIpc) is 2.56. The molecule has 1 saturated heterocycles. The lowest BCUT2D eigenvalue weighted by molar-refractivity contribution is -0.895. The van der Waals surface area contributed by atoms with Crippen LogP contribution in [0.5, 0.6) is 0 Å². The number of quaternary nitrogens is 1. The molecular weight excluding hydrogens is 316 g/mol. The molecule has 1 aromatic rings. The highest BCUT2D eigenvalue weighted by molar-refractivity contribution is 5.93. The number of amides is 2. The van der Waals surface area contributed by atoms with Gasteiger partial charge >= 0.3 is 6.09 Å². The smallest absolute Gasteiger partial charge is 0.410 e. The largest absolute Gasteiger partial charge is 0.450 e. The van der Waals surface area contributed by atoms with Crippen molar-refractivity contribution >= 4 is 23.4 Å². The summed E-state index contributed by atoms with van der Waals surface area (Å²) in [6, 6.07) is 6.03. The zero-order valence-corrected chi connectivity index (χ0v) is 13.5. The first-order valence-corrected chi connectivity index (χ1v) is 7.79. The number of nitro groups is 1. The van der Waals surface area contributed by atoms with Crippen LogP contribution in [0, 0.1) is 10.1 Å². The minimum Gasteiger partial charge on any atom is -0.450 e. The number of hydrogen-bond acceptors (Lipinski definition) is 5. The van der Waals surface area contributed by atoms with Gasteiger partial charge in [-0.3, -0.25) is 19.8 Å². The van der Waals surface area contributed by atoms with Crippen LogP contribution in [0.1, 0.15) is 6.92 Å². The summed E-state index contributed by atoms with van der Waals surface area (Å²) in [5.74, 6) is -0.288. The zero-order chi connectivity index (χ0) is 17.5. The topological polar surface area (TPSA) is 106 Å². The SMILES string of the molecule is CCOC(=O)N1CC[NH+](CC(=O)Nc2ccccc2[N+](=O)[O-])CC1. The van der Waals surface area contributed by atoms with E-state index in [9.17, 15) is 19.7 Å². The number of anilines is 1. The molecule has 1 aliphatic heterocycles. The second-order valence-corrected chi connectivity index (χ2v) is 5.44. The number of rotatable bonds is 5. The Balaban J connectivity index is 1.84. The number of nitro benzene ring substituents is 1. The molecule has 0 aliphatic carbocycles. The van der Waals surface area contributed by atoms with Crippen molar-refractivity contribution in [3.8, 4) is 0 Å². The fourth-order valence-corrected chi connectivity index (χ4v) is 2.56. The second-order valence-electron chi connectivity index (χ2n) is 5.44. The van der Waals surface area contributed by atoms with Gasteiger partial charge in [0.1, 0.15) is 5.69 Å². The summed E-state index contributed by atoms with van der Waals surface area (Å²) in [5, 5.41) is 13.5. The minimum atomic E-state index is -0.527. The van der Waals surface area contributed by atoms with E-state index in [1.807, 2.05) is 0 Å². The summed E-state index contributed by atoms with van der Waals surface area (Å²) >= 11 is 0. The van der Waals surface area contributed by atoms with Gasteiger partial charge in [-0.2, -0.15) is 0 Å². The summed E-state index contributed by atoms with van der Waals surface area (Å²) in [6.45, 7) is 4.59. The van der Waals surface area contributed by atoms with E-state index >= 15 is 0 Å². The van der Waals surface area contributed by atoms with Gasteiger partial charge in [-0.25, -0.2) is 4.79 Å². The standard InChI is InChI=1S/C15H20N4O5/c1-2-24-15(21)18-9-7-17(8-10-18)11-14(20)16-12-5-3-4-6-13(12)19(22)23/h3-6H,2,7-11H2,1H3,(H,16,20)/p+1. The van der Waals surface area contributed by atoms with Crippen molar-refractivity contribution < 1.29 is 24.1 Å². The third-order valence-electron chi connectivity index (χ3n) is 3.78. The molecule has 1 heterocycles. The third kappa shape index (κ3) is 4.66. The maximum atomic E-state index is 12.1. The van der Waals surface area contributed by atoms with Crippen LogP contribution in [0.3, 0.4) is 0 Å². The van der Waals surface area contributed by atoms with Gasteiger partial charge in [0, 0.05) is 6.07 Å². The van der Waals surface area contributed by atoms with E-state index in [0.29, 0.717) is 32.8 Å². The van der Waals surface area contributed by atoms with Crippen molar-refractivity contribution in [2.75, 3.05) is 44.6 Å². The van der Waals surface area contributed by atoms with Crippen molar-refractivity contribution in [3.05, 3.63) is 34.4 Å². The Labute approximate surface area is 139 Å². The van der Waals surface area contributed by atoms with Crippen molar-refractivity contribution in [1.82, 2.24) is 4.90 Å². The molecule has 0 atom stereocenters. The summed E-state index contributed by atoms with van der Waals surface area (Å²) in [6.07, 6.45) is -0.332. The normalized spacial score (nSPS) is 15.0. The molecular formula is C15H21N4O5+. The van der Waals surface area contributed by atoms with Gasteiger partial charge in [-0.1, -0.05) is 12.1 Å². The predicted molar refractivity (Wildman–Crippen MR) is 85.9 cm³/mol. The monoisotopic (exact) mass is 337 g/mol. The molecule has 0 radical (unpaired) electrons. The van der Waals surface area contributed by atoms with Gasteiger partial charge in [0.25, 0.3) is 11.6 Å². The van der Waals surface area contributed by atoms with Gasteiger partial charge in [0.05, 0.1) is 37.7 Å². The molecule has 1 aliphatic rings. The van der Waals surface area contributed by atoms with Crippen LogP contribution in [0.15, 0.2) is 24.3 Å². The first-order valence-electron chi connectivity index (χ1n) is 7.79. The number of hydrogen-bond donors (Lipinski definition) is 2. The van der Waals surface area contributed by atoms with Crippen LogP contribution >= 0.6 is 0 Å². The van der Waals surface area contributed by atoms with E-state index in [4.69, 9.17) is 4.74 Å². The van der Waals surface area contributed by atoms with Gasteiger partial charge < -0.3 is 15.0 Å². The summed E-state index contributed by atoms with van der Waals surface area (Å²) in [4.78, 5) is 36.8. The molecule has 0 spiro atoms. The van der Waals surface area contributed by atoms with Gasteiger partial charge in [0.2, 0.25) is 0 Å². The Bertz CT molecular complexity index is 614. The number of nitrogens with one attached hydrogen (secondary N) is 2. The second kappa shape index (κ2) is 8.25. The van der Waals surface area contributed by atoms with Gasteiger partial charge in [-0.05, 0) is 13.0 Å². The van der Waals surface area contributed by atoms with Crippen molar-refractivity contribution in [2.24, 2.45) is 0 Å². The molecule has 0 unspecified atom stereocenters. The fraction of sp³-hybridized carbons (Fsp3) is 0.467. The quantitative estimate of drug-likeness (QED) is 0.576. The molecule has 1 aromatic carbocycles. The number of piperazine rings is 1. The maximum Gasteiger partial charge on any atom is 0.410 e. The molecule has 2 rings (SSSR count). The highest BCUT2D eigenvalue weighted by Gasteiger charge is 2.26. The Hall–Kier alpha value is -2.68. The fourth-order valence-electron chi connectivity index (χ4n) is 2.56. The van der Waals surface area contributed by atoms with Gasteiger partial charge in [-0.15, -0.1) is 0 Å². The van der Waals surface area contributed by atoms with Crippen molar-refractivity contribution in [3.63, 3.8) is 0 Å². The number of ether oxygens (including phenoxy) is 1. The van der Waals surface area contributed by atoms with E-state index in [-0.39, 0.29) is 29.9 Å². The van der Waals surface area contributed by atoms with Crippen LogP contribution in [-0.4, -0.2) is 61.2 Å². The average molecular weight is 337 g/mol. The molecule has 0 saturated carbocycles. The molecule has 24 heavy (non-hydrogen) atoms. The Kier molecular flexibility index (Phi) is 6.07. The number of benzene rings is 1. The number of carbonyl (C=O) groups excluding carboxylic acids is 2. The molecule has 2 amide bonds. The molecule has 9 nitrogen and oxygen atoms in total. The highest BCUT2D eigenvalue weighted by Crippen LogP contribution is 2.22. The Morgan fingerprint density at radius 1 is 1.33 bits per heavy atom. The van der Waals surface area contributed by atoms with E-state index in [2.05, 4.69) is 5.32 Å². The van der Waals surface area contributed by atoms with Crippen LogP contribution < -0.4 is 10.2 Å². The highest BCUT2D eigenvalue weighted by atomic mass is 16.6. The zero-order valence-electron chi connectivity index (χ0n) is 13.5. The number of nitrogens with zero attached hydrogens (tertiary/aromatic N) is 2. The molecule has 2 N–H and O–H groups in total. The third-order valence-corrected chi connectivity index (χ3v) is 3.78. The molecule has 0 bridgehead atoms. The Morgan fingerprint density at radius 2 is 2.00 bits per heavy atom. The minimum absolute atomic E-state index is 0.131. The van der Waals surface area contributed by atoms with E-state index in [1.165, 1.54) is 12.1 Å². The van der Waals surface area contributed by atoms with E-state index in [1.54, 1.807) is 24.0 Å². The molecule has 0 aromatic heterocycles. The van der Waals surface area contributed by atoms with Crippen LogP contribution in [0.25, 0.3) is 0 Å². The van der Waals surface area contributed by atoms with Crippen LogP contribution in [0.2, 0.25) is 0 Å². The lowest BCUT2D eigenvalue weighted by atomic mass is 10.2. The van der Waals surface area contributed by atoms with Crippen molar-refractivity contribution in [1.29, 1.82) is 0 Å². The van der Waals surface area contributed by atoms with Crippen LogP contribution in [0.4, 0.5) is 16.2 Å². The molecule has 130 valence electrons. The number of carbonyl (C=O) groups is 2. The first-order chi connectivity index (χ1) is 11.5. The molecule has 9 heteroatoms. The maximum absolute atomic E-state index is 12.1. The lowest BCUT2D eigenvalue weighted by Crippen LogP contribution is -3.15. The number of para-hydroxylation sites is 2. The summed E-state index contributed by atoms with van der Waals surface area (Å²) < 4.78 is 4.95. The van der Waals surface area contributed by atoms with Gasteiger partial charge in [0.15, 0.2) is 6.54 Å². The van der Waals surface area contributed by atoms with Crippen LogP contribution in [-0.2, 0) is 9.53 Å². The summed E-state index contributed by atoms with van der Waals surface area (Å²) in [5.41, 5.74) is 0.0602. The Morgan fingerprint density at radius 3 is 2.62 bits per heavy atom. The van der Waals surface area contributed by atoms with E-state index < -0.39 is 4.92 Å². The van der Waals surface area contributed by atoms with E-state index in [0.717, 1.165) is 4.90 Å². The summed E-state index contributed by atoms with van der Waals surface area (Å²) in [7, 11) is 0.